The number of hydrogen-bond acceptors (Lipinski definition) is 6. The Morgan fingerprint density at radius 3 is 2.50 bits per heavy atom. The van der Waals surface area contributed by atoms with Gasteiger partial charge in [0.25, 0.3) is 0 Å². The van der Waals surface area contributed by atoms with E-state index in [0.717, 1.165) is 0 Å². The summed E-state index contributed by atoms with van der Waals surface area (Å²) in [6.07, 6.45) is 0. The van der Waals surface area contributed by atoms with Crippen LogP contribution in [-0.2, 0) is 26.9 Å². The number of halogens is 1. The van der Waals surface area contributed by atoms with E-state index in [1.54, 1.807) is 24.3 Å². The number of nitriles is 1. The van der Waals surface area contributed by atoms with E-state index in [0.29, 0.717) is 21.9 Å². The number of ether oxygens (including phenoxy) is 2. The zero-order chi connectivity index (χ0) is 19.2. The van der Waals surface area contributed by atoms with E-state index in [1.165, 1.54) is 31.4 Å². The van der Waals surface area contributed by atoms with Crippen molar-refractivity contribution < 1.29 is 22.7 Å². The van der Waals surface area contributed by atoms with Gasteiger partial charge in [-0.2, -0.15) is 5.26 Å². The molecule has 0 N–H and O–H groups in total. The molecule has 2 aromatic carbocycles. The van der Waals surface area contributed by atoms with Crippen LogP contribution in [0.2, 0.25) is 5.02 Å². The fourth-order valence-electron chi connectivity index (χ4n) is 2.23. The summed E-state index contributed by atoms with van der Waals surface area (Å²) in [6, 6.07) is 12.6. The van der Waals surface area contributed by atoms with Crippen molar-refractivity contribution in [1.29, 1.82) is 5.26 Å². The predicted molar refractivity (Wildman–Crippen MR) is 96.7 cm³/mol. The van der Waals surface area contributed by atoms with Crippen LogP contribution in [0, 0.1) is 11.3 Å². The van der Waals surface area contributed by atoms with Gasteiger partial charge in [-0.25, -0.2) is 13.2 Å². The standard InChI is InChI=1S/C18H16ClNO5S/c1-24-17-7-6-16(19)10-15(17)11-25-18(21)14-4-2-13(3-5-14)12-26(22,23)9-8-20/h2-7,10H,9,11-12H2,1H3. The van der Waals surface area contributed by atoms with Crippen LogP contribution in [0.1, 0.15) is 21.5 Å². The van der Waals surface area contributed by atoms with Crippen molar-refractivity contribution in [2.45, 2.75) is 12.4 Å². The van der Waals surface area contributed by atoms with Crippen molar-refractivity contribution in [2.24, 2.45) is 0 Å². The van der Waals surface area contributed by atoms with E-state index in [1.807, 2.05) is 0 Å². The Balaban J connectivity index is 2.03. The number of carbonyl (C=O) groups excluding carboxylic acids is 1. The summed E-state index contributed by atoms with van der Waals surface area (Å²) in [6.45, 7) is -0.0130. The van der Waals surface area contributed by atoms with Crippen LogP contribution >= 0.6 is 11.6 Å². The Kier molecular flexibility index (Phi) is 6.61. The molecule has 0 atom stereocenters. The van der Waals surface area contributed by atoms with E-state index in [4.69, 9.17) is 26.3 Å². The monoisotopic (exact) mass is 393 g/mol. The van der Waals surface area contributed by atoms with Crippen molar-refractivity contribution in [3.8, 4) is 11.8 Å². The Morgan fingerprint density at radius 2 is 1.88 bits per heavy atom. The van der Waals surface area contributed by atoms with Gasteiger partial charge in [-0.1, -0.05) is 23.7 Å². The molecule has 0 fully saturated rings. The number of rotatable bonds is 7. The van der Waals surface area contributed by atoms with Crippen molar-refractivity contribution in [3.05, 3.63) is 64.2 Å². The highest BCUT2D eigenvalue weighted by atomic mass is 35.5. The van der Waals surface area contributed by atoms with Gasteiger partial charge >= 0.3 is 5.97 Å². The van der Waals surface area contributed by atoms with Gasteiger partial charge in [0.1, 0.15) is 18.1 Å². The fourth-order valence-corrected chi connectivity index (χ4v) is 3.42. The van der Waals surface area contributed by atoms with Crippen molar-refractivity contribution in [3.63, 3.8) is 0 Å². The summed E-state index contributed by atoms with van der Waals surface area (Å²) in [5.41, 5.74) is 1.41. The lowest BCUT2D eigenvalue weighted by Gasteiger charge is -2.10. The van der Waals surface area contributed by atoms with Gasteiger partial charge in [0.2, 0.25) is 0 Å². The maximum atomic E-state index is 12.1. The molecule has 136 valence electrons. The minimum atomic E-state index is -3.48. The number of sulfone groups is 1. The second kappa shape index (κ2) is 8.70. The molecule has 0 aliphatic rings. The van der Waals surface area contributed by atoms with Crippen LogP contribution in [0.3, 0.4) is 0 Å². The Morgan fingerprint density at radius 1 is 1.19 bits per heavy atom. The van der Waals surface area contributed by atoms with Gasteiger partial charge < -0.3 is 9.47 Å². The summed E-state index contributed by atoms with van der Waals surface area (Å²) in [5, 5.41) is 9.00. The quantitative estimate of drug-likeness (QED) is 0.671. The normalized spacial score (nSPS) is 10.8. The van der Waals surface area contributed by atoms with Gasteiger partial charge in [-0.3, -0.25) is 0 Å². The molecule has 0 saturated heterocycles. The third kappa shape index (κ3) is 5.48. The number of esters is 1. The molecule has 0 saturated carbocycles. The van der Waals surface area contributed by atoms with Crippen LogP contribution in [0.5, 0.6) is 5.75 Å². The molecule has 0 aliphatic carbocycles. The summed E-state index contributed by atoms with van der Waals surface area (Å²) >= 11 is 5.93. The number of carbonyl (C=O) groups is 1. The van der Waals surface area contributed by atoms with Crippen LogP contribution in [0.25, 0.3) is 0 Å². The van der Waals surface area contributed by atoms with Crippen LogP contribution in [-0.4, -0.2) is 27.2 Å². The van der Waals surface area contributed by atoms with E-state index >= 15 is 0 Å². The van der Waals surface area contributed by atoms with Crippen molar-refractivity contribution in [2.75, 3.05) is 12.9 Å². The van der Waals surface area contributed by atoms with Gasteiger partial charge in [0.15, 0.2) is 9.84 Å². The van der Waals surface area contributed by atoms with Crippen LogP contribution < -0.4 is 4.74 Å². The molecule has 6 nitrogen and oxygen atoms in total. The zero-order valence-electron chi connectivity index (χ0n) is 13.9. The smallest absolute Gasteiger partial charge is 0.338 e. The first-order chi connectivity index (χ1) is 12.3. The topological polar surface area (TPSA) is 93.5 Å². The number of methoxy groups -OCH3 is 1. The first-order valence-corrected chi connectivity index (χ1v) is 9.70. The van der Waals surface area contributed by atoms with Gasteiger partial charge in [-0.05, 0) is 35.9 Å². The maximum Gasteiger partial charge on any atom is 0.338 e. The summed E-state index contributed by atoms with van der Waals surface area (Å²) < 4.78 is 33.7. The summed E-state index contributed by atoms with van der Waals surface area (Å²) in [7, 11) is -1.97. The molecule has 0 heterocycles. The highest BCUT2D eigenvalue weighted by Gasteiger charge is 2.13. The van der Waals surface area contributed by atoms with Crippen molar-refractivity contribution in [1.82, 2.24) is 0 Å². The maximum absolute atomic E-state index is 12.1. The number of nitrogens with zero attached hydrogens (tertiary/aromatic N) is 1. The zero-order valence-corrected chi connectivity index (χ0v) is 15.5. The first kappa shape index (κ1) is 19.8. The molecule has 0 radical (unpaired) electrons. The fraction of sp³-hybridized carbons (Fsp3) is 0.222. The minimum absolute atomic E-state index is 0.0130. The van der Waals surface area contributed by atoms with Gasteiger partial charge in [0.05, 0.1) is 24.5 Å². The average molecular weight is 394 g/mol. The van der Waals surface area contributed by atoms with E-state index in [-0.39, 0.29) is 17.9 Å². The summed E-state index contributed by atoms with van der Waals surface area (Å²) in [5.74, 6) is -0.799. The summed E-state index contributed by atoms with van der Waals surface area (Å²) in [4.78, 5) is 12.1. The largest absolute Gasteiger partial charge is 0.496 e. The molecule has 0 aliphatic heterocycles. The minimum Gasteiger partial charge on any atom is -0.496 e. The molecule has 0 bridgehead atoms. The Bertz CT molecular complexity index is 933. The second-order valence-corrected chi connectivity index (χ2v) is 7.92. The second-order valence-electron chi connectivity index (χ2n) is 5.42. The van der Waals surface area contributed by atoms with E-state index in [2.05, 4.69) is 0 Å². The van der Waals surface area contributed by atoms with E-state index in [9.17, 15) is 13.2 Å². The molecular weight excluding hydrogens is 378 g/mol. The van der Waals surface area contributed by atoms with Gasteiger partial charge in [-0.15, -0.1) is 0 Å². The predicted octanol–water partition coefficient (Wildman–Crippen LogP) is 3.14. The van der Waals surface area contributed by atoms with E-state index < -0.39 is 21.6 Å². The molecule has 0 aromatic heterocycles. The number of hydrogen-bond donors (Lipinski definition) is 0. The molecule has 26 heavy (non-hydrogen) atoms. The first-order valence-electron chi connectivity index (χ1n) is 7.50. The lowest BCUT2D eigenvalue weighted by Crippen LogP contribution is -2.09. The van der Waals surface area contributed by atoms with Gasteiger partial charge in [0, 0.05) is 10.6 Å². The van der Waals surface area contributed by atoms with Crippen LogP contribution in [0.4, 0.5) is 0 Å². The molecule has 2 rings (SSSR count). The molecular formula is C18H16ClNO5S. The molecule has 0 unspecified atom stereocenters. The SMILES string of the molecule is COc1ccc(Cl)cc1COC(=O)c1ccc(CS(=O)(=O)CC#N)cc1. The Labute approximate surface area is 156 Å². The highest BCUT2D eigenvalue weighted by Crippen LogP contribution is 2.23. The molecule has 2 aromatic rings. The Hall–Kier alpha value is -2.56. The van der Waals surface area contributed by atoms with Crippen LogP contribution in [0.15, 0.2) is 42.5 Å². The third-order valence-electron chi connectivity index (χ3n) is 3.46. The lowest BCUT2D eigenvalue weighted by molar-refractivity contribution is 0.0470. The highest BCUT2D eigenvalue weighted by molar-refractivity contribution is 7.90. The molecule has 0 amide bonds. The lowest BCUT2D eigenvalue weighted by atomic mass is 10.1. The molecule has 8 heteroatoms. The molecule has 0 spiro atoms. The van der Waals surface area contributed by atoms with Crippen molar-refractivity contribution >= 4 is 27.4 Å². The number of benzene rings is 2. The third-order valence-corrected chi connectivity index (χ3v) is 5.04. The average Bonchev–Trinajstić information content (AvgIpc) is 2.60.